The quantitative estimate of drug-likeness (QED) is 0.840. The molecule has 1 heterocycles. The van der Waals surface area contributed by atoms with E-state index < -0.39 is 0 Å². The summed E-state index contributed by atoms with van der Waals surface area (Å²) in [6, 6.07) is 4.67. The maximum atomic E-state index is 4.05. The van der Waals surface area contributed by atoms with Crippen molar-refractivity contribution in [3.63, 3.8) is 0 Å². The lowest BCUT2D eigenvalue weighted by Gasteiger charge is -2.34. The van der Waals surface area contributed by atoms with Crippen molar-refractivity contribution in [3.8, 4) is 0 Å². The Kier molecular flexibility index (Phi) is 5.76. The highest BCUT2D eigenvalue weighted by molar-refractivity contribution is 5.09. The molecule has 0 bridgehead atoms. The lowest BCUT2D eigenvalue weighted by Crippen LogP contribution is -2.47. The molecule has 3 heteroatoms. The number of nitrogens with one attached hydrogen (secondary N) is 1. The van der Waals surface area contributed by atoms with Gasteiger partial charge in [0.1, 0.15) is 0 Å². The molecular formula is C15H27N3. The Labute approximate surface area is 112 Å². The van der Waals surface area contributed by atoms with Gasteiger partial charge in [-0.25, -0.2) is 0 Å². The van der Waals surface area contributed by atoms with Gasteiger partial charge in [-0.2, -0.15) is 0 Å². The van der Waals surface area contributed by atoms with Crippen LogP contribution < -0.4 is 5.32 Å². The van der Waals surface area contributed by atoms with E-state index in [1.807, 2.05) is 12.4 Å². The van der Waals surface area contributed by atoms with Crippen molar-refractivity contribution >= 4 is 0 Å². The van der Waals surface area contributed by atoms with Crippen LogP contribution in [-0.4, -0.2) is 36.1 Å². The topological polar surface area (TPSA) is 28.2 Å². The second kappa shape index (κ2) is 6.86. The normalized spacial score (nSPS) is 13.9. The van der Waals surface area contributed by atoms with Crippen molar-refractivity contribution in [1.82, 2.24) is 15.2 Å². The van der Waals surface area contributed by atoms with Crippen LogP contribution in [0.5, 0.6) is 0 Å². The van der Waals surface area contributed by atoms with Crippen LogP contribution in [0.25, 0.3) is 0 Å². The van der Waals surface area contributed by atoms with E-state index in [1.54, 1.807) is 0 Å². The average molecular weight is 249 g/mol. The number of nitrogens with zero attached hydrogens (tertiary/aromatic N) is 2. The molecule has 3 nitrogen and oxygen atoms in total. The highest BCUT2D eigenvalue weighted by atomic mass is 15.1. The van der Waals surface area contributed by atoms with E-state index in [0.29, 0.717) is 6.04 Å². The molecule has 102 valence electrons. The third kappa shape index (κ3) is 5.15. The van der Waals surface area contributed by atoms with Crippen LogP contribution in [0.3, 0.4) is 0 Å². The first-order chi connectivity index (χ1) is 8.43. The molecule has 1 aromatic rings. The summed E-state index contributed by atoms with van der Waals surface area (Å²) in [4.78, 5) is 6.42. The molecule has 0 saturated heterocycles. The number of hydrogen-bond acceptors (Lipinski definition) is 3. The van der Waals surface area contributed by atoms with Crippen molar-refractivity contribution in [3.05, 3.63) is 30.1 Å². The molecule has 0 fully saturated rings. The summed E-state index contributed by atoms with van der Waals surface area (Å²) in [5.41, 5.74) is 1.60. The van der Waals surface area contributed by atoms with Gasteiger partial charge in [0.15, 0.2) is 0 Å². The van der Waals surface area contributed by atoms with E-state index in [1.165, 1.54) is 5.56 Å². The van der Waals surface area contributed by atoms with E-state index in [9.17, 15) is 0 Å². The molecule has 1 atom stereocenters. The Hall–Kier alpha value is -0.930. The Morgan fingerprint density at radius 1 is 1.28 bits per heavy atom. The molecule has 0 aromatic carbocycles. The number of pyridine rings is 1. The molecule has 1 unspecified atom stereocenters. The van der Waals surface area contributed by atoms with Crippen LogP contribution >= 0.6 is 0 Å². The zero-order valence-electron chi connectivity index (χ0n) is 12.4. The number of rotatable bonds is 6. The fourth-order valence-electron chi connectivity index (χ4n) is 2.07. The van der Waals surface area contributed by atoms with Gasteiger partial charge in [-0.3, -0.25) is 4.98 Å². The third-order valence-corrected chi connectivity index (χ3v) is 3.19. The van der Waals surface area contributed by atoms with Gasteiger partial charge in [-0.15, -0.1) is 0 Å². The average Bonchev–Trinajstić information content (AvgIpc) is 2.28. The van der Waals surface area contributed by atoms with E-state index in [4.69, 9.17) is 0 Å². The van der Waals surface area contributed by atoms with Crippen molar-refractivity contribution in [2.75, 3.05) is 20.1 Å². The van der Waals surface area contributed by atoms with E-state index in [-0.39, 0.29) is 5.41 Å². The van der Waals surface area contributed by atoms with Crippen molar-refractivity contribution < 1.29 is 0 Å². The van der Waals surface area contributed by atoms with Gasteiger partial charge in [-0.1, -0.05) is 27.7 Å². The third-order valence-electron chi connectivity index (χ3n) is 3.19. The Morgan fingerprint density at radius 3 is 2.39 bits per heavy atom. The zero-order valence-corrected chi connectivity index (χ0v) is 12.4. The number of aromatic nitrogens is 1. The van der Waals surface area contributed by atoms with Crippen molar-refractivity contribution in [2.24, 2.45) is 5.41 Å². The van der Waals surface area contributed by atoms with Crippen molar-refractivity contribution in [2.45, 2.75) is 40.3 Å². The highest BCUT2D eigenvalue weighted by Crippen LogP contribution is 2.20. The van der Waals surface area contributed by atoms with Crippen LogP contribution in [-0.2, 0) is 6.54 Å². The Balaban J connectivity index is 2.54. The molecule has 0 aliphatic heterocycles. The van der Waals surface area contributed by atoms with Crippen LogP contribution in [0.4, 0.5) is 0 Å². The zero-order chi connectivity index (χ0) is 13.6. The van der Waals surface area contributed by atoms with Gasteiger partial charge in [0, 0.05) is 31.5 Å². The first kappa shape index (κ1) is 15.1. The first-order valence-corrected chi connectivity index (χ1v) is 6.74. The van der Waals surface area contributed by atoms with Gasteiger partial charge in [0.05, 0.1) is 0 Å². The summed E-state index contributed by atoms with van der Waals surface area (Å²) in [6.45, 7) is 12.1. The summed E-state index contributed by atoms with van der Waals surface area (Å²) < 4.78 is 0. The monoisotopic (exact) mass is 249 g/mol. The molecule has 1 rings (SSSR count). The molecule has 0 aliphatic rings. The van der Waals surface area contributed by atoms with Crippen LogP contribution in [0.1, 0.15) is 33.3 Å². The second-order valence-electron chi connectivity index (χ2n) is 6.03. The van der Waals surface area contributed by atoms with Gasteiger partial charge in [0.25, 0.3) is 0 Å². The summed E-state index contributed by atoms with van der Waals surface area (Å²) in [5, 5.41) is 3.59. The largest absolute Gasteiger partial charge is 0.312 e. The highest BCUT2D eigenvalue weighted by Gasteiger charge is 2.24. The van der Waals surface area contributed by atoms with E-state index in [0.717, 1.165) is 19.6 Å². The smallest absolute Gasteiger partial charge is 0.0271 e. The minimum Gasteiger partial charge on any atom is -0.312 e. The molecule has 1 aromatic heterocycles. The minimum atomic E-state index is 0.280. The van der Waals surface area contributed by atoms with Crippen LogP contribution in [0.15, 0.2) is 24.5 Å². The maximum absolute atomic E-state index is 4.05. The van der Waals surface area contributed by atoms with Crippen molar-refractivity contribution in [1.29, 1.82) is 0 Å². The van der Waals surface area contributed by atoms with Crippen LogP contribution in [0, 0.1) is 5.41 Å². The fraction of sp³-hybridized carbons (Fsp3) is 0.667. The number of likely N-dealkylation sites (N-methyl/N-ethyl adjacent to an activating group) is 2. The molecule has 0 amide bonds. The summed E-state index contributed by atoms with van der Waals surface area (Å²) in [5.74, 6) is 0. The minimum absolute atomic E-state index is 0.280. The Bertz CT molecular complexity index is 329. The molecule has 1 N–H and O–H groups in total. The molecule has 0 radical (unpaired) electrons. The first-order valence-electron chi connectivity index (χ1n) is 6.74. The standard InChI is InChI=1S/C15H27N3/c1-6-17-14(15(2,3)4)12-18(5)11-13-7-9-16-10-8-13/h7-10,14,17H,6,11-12H2,1-5H3. The fourth-order valence-corrected chi connectivity index (χ4v) is 2.07. The molecule has 0 aliphatic carbocycles. The van der Waals surface area contributed by atoms with E-state index in [2.05, 4.69) is 62.1 Å². The second-order valence-corrected chi connectivity index (χ2v) is 6.03. The van der Waals surface area contributed by atoms with Gasteiger partial charge in [0.2, 0.25) is 0 Å². The Morgan fingerprint density at radius 2 is 1.89 bits per heavy atom. The maximum Gasteiger partial charge on any atom is 0.0271 e. The van der Waals surface area contributed by atoms with Gasteiger partial charge >= 0.3 is 0 Å². The summed E-state index contributed by atoms with van der Waals surface area (Å²) in [7, 11) is 2.18. The summed E-state index contributed by atoms with van der Waals surface area (Å²) >= 11 is 0. The predicted octanol–water partition coefficient (Wildman–Crippen LogP) is 2.54. The lowest BCUT2D eigenvalue weighted by atomic mass is 9.86. The SMILES string of the molecule is CCNC(CN(C)Cc1ccncc1)C(C)(C)C. The predicted molar refractivity (Wildman–Crippen MR) is 77.5 cm³/mol. The number of hydrogen-bond donors (Lipinski definition) is 1. The van der Waals surface area contributed by atoms with Crippen LogP contribution in [0.2, 0.25) is 0 Å². The van der Waals surface area contributed by atoms with Gasteiger partial charge < -0.3 is 10.2 Å². The lowest BCUT2D eigenvalue weighted by molar-refractivity contribution is 0.192. The molecule has 0 spiro atoms. The molecular weight excluding hydrogens is 222 g/mol. The van der Waals surface area contributed by atoms with E-state index >= 15 is 0 Å². The molecule has 18 heavy (non-hydrogen) atoms. The molecule has 0 saturated carbocycles. The van der Waals surface area contributed by atoms with Gasteiger partial charge in [-0.05, 0) is 36.7 Å². The summed E-state index contributed by atoms with van der Waals surface area (Å²) in [6.07, 6.45) is 3.71.